The molecule has 0 saturated heterocycles. The first-order chi connectivity index (χ1) is 7.74. The summed E-state index contributed by atoms with van der Waals surface area (Å²) < 4.78 is 17.7. The van der Waals surface area contributed by atoms with Gasteiger partial charge >= 0.3 is 0 Å². The first kappa shape index (κ1) is 10.5. The van der Waals surface area contributed by atoms with Crippen LogP contribution < -0.4 is 5.32 Å². The van der Waals surface area contributed by atoms with Gasteiger partial charge in [0.25, 0.3) is 0 Å². The number of halogens is 1. The number of anilines is 1. The second-order valence-electron chi connectivity index (χ2n) is 3.26. The quantitative estimate of drug-likeness (QED) is 0.795. The Morgan fingerprint density at radius 3 is 2.94 bits per heavy atom. The fourth-order valence-corrected chi connectivity index (χ4v) is 1.25. The van der Waals surface area contributed by atoms with Crippen LogP contribution in [-0.4, -0.2) is 21.7 Å². The zero-order chi connectivity index (χ0) is 11.4. The SMILES string of the molecule is Cc1noc(CCNc2cccc(F)n2)n1. The molecule has 2 heterocycles. The minimum absolute atomic E-state index is 0.497. The van der Waals surface area contributed by atoms with Gasteiger partial charge in [0.1, 0.15) is 5.82 Å². The Morgan fingerprint density at radius 2 is 2.25 bits per heavy atom. The lowest BCUT2D eigenvalue weighted by Gasteiger charge is -2.02. The van der Waals surface area contributed by atoms with E-state index in [2.05, 4.69) is 20.4 Å². The Hall–Kier alpha value is -1.98. The van der Waals surface area contributed by atoms with Crippen molar-refractivity contribution >= 4 is 5.82 Å². The number of nitrogens with zero attached hydrogens (tertiary/aromatic N) is 3. The predicted molar refractivity (Wildman–Crippen MR) is 55.4 cm³/mol. The number of rotatable bonds is 4. The van der Waals surface area contributed by atoms with Gasteiger partial charge in [0.05, 0.1) is 0 Å². The van der Waals surface area contributed by atoms with E-state index in [-0.39, 0.29) is 0 Å². The van der Waals surface area contributed by atoms with Crippen LogP contribution in [0.15, 0.2) is 22.7 Å². The molecule has 0 unspecified atom stereocenters. The molecule has 0 atom stereocenters. The van der Waals surface area contributed by atoms with Crippen molar-refractivity contribution in [1.82, 2.24) is 15.1 Å². The Labute approximate surface area is 91.7 Å². The van der Waals surface area contributed by atoms with E-state index in [0.29, 0.717) is 30.5 Å². The van der Waals surface area contributed by atoms with E-state index in [1.807, 2.05) is 0 Å². The summed E-state index contributed by atoms with van der Waals surface area (Å²) >= 11 is 0. The van der Waals surface area contributed by atoms with Crippen LogP contribution in [0.3, 0.4) is 0 Å². The highest BCUT2D eigenvalue weighted by molar-refractivity contribution is 5.33. The third-order valence-corrected chi connectivity index (χ3v) is 1.93. The Kier molecular flexibility index (Phi) is 3.09. The Morgan fingerprint density at radius 1 is 1.38 bits per heavy atom. The van der Waals surface area contributed by atoms with Crippen molar-refractivity contribution in [2.75, 3.05) is 11.9 Å². The van der Waals surface area contributed by atoms with Gasteiger partial charge in [-0.25, -0.2) is 4.98 Å². The van der Waals surface area contributed by atoms with Gasteiger partial charge in [0, 0.05) is 13.0 Å². The minimum atomic E-state index is -0.501. The van der Waals surface area contributed by atoms with E-state index in [1.54, 1.807) is 19.1 Å². The first-order valence-electron chi connectivity index (χ1n) is 4.89. The van der Waals surface area contributed by atoms with Gasteiger partial charge in [-0.1, -0.05) is 11.2 Å². The van der Waals surface area contributed by atoms with Crippen LogP contribution in [-0.2, 0) is 6.42 Å². The van der Waals surface area contributed by atoms with Crippen LogP contribution in [0.25, 0.3) is 0 Å². The number of pyridine rings is 1. The maximum Gasteiger partial charge on any atom is 0.228 e. The van der Waals surface area contributed by atoms with Gasteiger partial charge in [-0.15, -0.1) is 0 Å². The molecule has 0 aliphatic rings. The van der Waals surface area contributed by atoms with Gasteiger partial charge in [-0.05, 0) is 19.1 Å². The molecule has 2 aromatic heterocycles. The lowest BCUT2D eigenvalue weighted by atomic mass is 10.4. The monoisotopic (exact) mass is 222 g/mol. The summed E-state index contributed by atoms with van der Waals surface area (Å²) in [6.45, 7) is 2.33. The summed E-state index contributed by atoms with van der Waals surface area (Å²) in [5, 5.41) is 6.63. The molecule has 84 valence electrons. The molecule has 0 fully saturated rings. The summed E-state index contributed by atoms with van der Waals surface area (Å²) in [7, 11) is 0. The molecule has 0 amide bonds. The molecule has 16 heavy (non-hydrogen) atoms. The Bertz CT molecular complexity index is 471. The van der Waals surface area contributed by atoms with Crippen molar-refractivity contribution in [2.45, 2.75) is 13.3 Å². The molecule has 2 rings (SSSR count). The van der Waals surface area contributed by atoms with Crippen LogP contribution in [0.4, 0.5) is 10.2 Å². The molecular formula is C10H11FN4O. The highest BCUT2D eigenvalue weighted by atomic mass is 19.1. The standard InChI is InChI=1S/C10H11FN4O/c1-7-13-10(16-15-7)5-6-12-9-4-2-3-8(11)14-9/h2-4H,5-6H2,1H3,(H,12,14). The molecule has 2 aromatic rings. The lowest BCUT2D eigenvalue weighted by Crippen LogP contribution is -2.06. The van der Waals surface area contributed by atoms with Crippen molar-refractivity contribution in [3.05, 3.63) is 35.9 Å². The molecule has 6 heteroatoms. The first-order valence-corrected chi connectivity index (χ1v) is 4.89. The van der Waals surface area contributed by atoms with E-state index in [9.17, 15) is 4.39 Å². The van der Waals surface area contributed by atoms with Crippen LogP contribution in [0.5, 0.6) is 0 Å². The minimum Gasteiger partial charge on any atom is -0.369 e. The van der Waals surface area contributed by atoms with E-state index in [0.717, 1.165) is 0 Å². The normalized spacial score (nSPS) is 10.4. The summed E-state index contributed by atoms with van der Waals surface area (Å²) in [5.74, 6) is 1.16. The van der Waals surface area contributed by atoms with Crippen LogP contribution >= 0.6 is 0 Å². The van der Waals surface area contributed by atoms with E-state index < -0.39 is 5.95 Å². The second kappa shape index (κ2) is 4.69. The molecule has 0 aromatic carbocycles. The summed E-state index contributed by atoms with van der Waals surface area (Å²) in [4.78, 5) is 7.71. The highest BCUT2D eigenvalue weighted by Crippen LogP contribution is 2.04. The highest BCUT2D eigenvalue weighted by Gasteiger charge is 2.02. The van der Waals surface area contributed by atoms with Crippen molar-refractivity contribution in [1.29, 1.82) is 0 Å². The summed E-state index contributed by atoms with van der Waals surface area (Å²) in [5.41, 5.74) is 0. The lowest BCUT2D eigenvalue weighted by molar-refractivity contribution is 0.377. The molecule has 0 radical (unpaired) electrons. The number of aromatic nitrogens is 3. The van der Waals surface area contributed by atoms with Gasteiger partial charge in [-0.3, -0.25) is 0 Å². The average molecular weight is 222 g/mol. The molecule has 5 nitrogen and oxygen atoms in total. The molecule has 1 N–H and O–H groups in total. The topological polar surface area (TPSA) is 63.8 Å². The molecular weight excluding hydrogens is 211 g/mol. The van der Waals surface area contributed by atoms with Crippen molar-refractivity contribution in [2.24, 2.45) is 0 Å². The van der Waals surface area contributed by atoms with Crippen molar-refractivity contribution in [3.8, 4) is 0 Å². The zero-order valence-electron chi connectivity index (χ0n) is 8.77. The smallest absolute Gasteiger partial charge is 0.228 e. The van der Waals surface area contributed by atoms with Crippen LogP contribution in [0, 0.1) is 12.9 Å². The van der Waals surface area contributed by atoms with Gasteiger partial charge in [-0.2, -0.15) is 9.37 Å². The Balaban J connectivity index is 1.84. The molecule has 0 bridgehead atoms. The number of hydrogen-bond donors (Lipinski definition) is 1. The molecule has 0 saturated carbocycles. The van der Waals surface area contributed by atoms with Gasteiger partial charge in [0.2, 0.25) is 11.8 Å². The molecule has 0 aliphatic heterocycles. The third-order valence-electron chi connectivity index (χ3n) is 1.93. The number of nitrogens with one attached hydrogen (secondary N) is 1. The fourth-order valence-electron chi connectivity index (χ4n) is 1.25. The van der Waals surface area contributed by atoms with E-state index in [4.69, 9.17) is 4.52 Å². The van der Waals surface area contributed by atoms with Gasteiger partial charge in [0.15, 0.2) is 5.82 Å². The van der Waals surface area contributed by atoms with Gasteiger partial charge < -0.3 is 9.84 Å². The maximum absolute atomic E-state index is 12.7. The fraction of sp³-hybridized carbons (Fsp3) is 0.300. The number of aryl methyl sites for hydroxylation is 1. The zero-order valence-corrected chi connectivity index (χ0v) is 8.77. The third kappa shape index (κ3) is 2.75. The van der Waals surface area contributed by atoms with E-state index >= 15 is 0 Å². The summed E-state index contributed by atoms with van der Waals surface area (Å²) in [6, 6.07) is 4.59. The second-order valence-corrected chi connectivity index (χ2v) is 3.26. The van der Waals surface area contributed by atoms with E-state index in [1.165, 1.54) is 6.07 Å². The predicted octanol–water partition coefficient (Wildman–Crippen LogP) is 1.57. The molecule has 0 aliphatic carbocycles. The number of hydrogen-bond acceptors (Lipinski definition) is 5. The summed E-state index contributed by atoms with van der Waals surface area (Å²) in [6.07, 6.45) is 0.582. The van der Waals surface area contributed by atoms with Crippen molar-refractivity contribution in [3.63, 3.8) is 0 Å². The maximum atomic E-state index is 12.7. The largest absolute Gasteiger partial charge is 0.369 e. The molecule has 0 spiro atoms. The van der Waals surface area contributed by atoms with Crippen molar-refractivity contribution < 1.29 is 8.91 Å². The van der Waals surface area contributed by atoms with Crippen LogP contribution in [0.1, 0.15) is 11.7 Å². The average Bonchev–Trinajstić information content (AvgIpc) is 2.64. The van der Waals surface area contributed by atoms with Crippen LogP contribution in [0.2, 0.25) is 0 Å².